The molecule has 0 saturated heterocycles. The fourth-order valence-corrected chi connectivity index (χ4v) is 0.506. The van der Waals surface area contributed by atoms with E-state index in [0.717, 1.165) is 5.57 Å². The number of carbonyl (C=O) groups excluding carboxylic acids is 1. The molecule has 0 rings (SSSR count). The molecule has 60 valence electrons. The SMILES string of the molecule is C=C/C(C)=C\C(=NC)NC=O. The number of nitrogens with one attached hydrogen (secondary N) is 1. The van der Waals surface area contributed by atoms with Crippen LogP contribution in [0.2, 0.25) is 0 Å². The Labute approximate surface area is 66.5 Å². The molecule has 11 heavy (non-hydrogen) atoms. The highest BCUT2D eigenvalue weighted by atomic mass is 16.1. The summed E-state index contributed by atoms with van der Waals surface area (Å²) in [5.74, 6) is 0.539. The molecule has 0 atom stereocenters. The number of amides is 1. The first-order valence-electron chi connectivity index (χ1n) is 3.22. The van der Waals surface area contributed by atoms with Gasteiger partial charge in [-0.25, -0.2) is 0 Å². The van der Waals surface area contributed by atoms with Crippen LogP contribution in [0.4, 0.5) is 0 Å². The van der Waals surface area contributed by atoms with Gasteiger partial charge in [-0.15, -0.1) is 0 Å². The predicted octanol–water partition coefficient (Wildman–Crippen LogP) is 0.893. The number of amidine groups is 1. The van der Waals surface area contributed by atoms with Crippen molar-refractivity contribution in [2.75, 3.05) is 7.05 Å². The van der Waals surface area contributed by atoms with Crippen molar-refractivity contribution in [1.29, 1.82) is 0 Å². The second kappa shape index (κ2) is 5.41. The minimum atomic E-state index is 0.539. The molecule has 0 aliphatic heterocycles. The summed E-state index contributed by atoms with van der Waals surface area (Å²) in [6.07, 6.45) is 4.02. The lowest BCUT2D eigenvalue weighted by Crippen LogP contribution is -2.19. The smallest absolute Gasteiger partial charge is 0.212 e. The normalized spacial score (nSPS) is 12.5. The van der Waals surface area contributed by atoms with E-state index in [1.165, 1.54) is 0 Å². The quantitative estimate of drug-likeness (QED) is 0.277. The van der Waals surface area contributed by atoms with E-state index in [4.69, 9.17) is 0 Å². The van der Waals surface area contributed by atoms with Crippen molar-refractivity contribution in [3.05, 3.63) is 24.3 Å². The van der Waals surface area contributed by atoms with Crippen LogP contribution >= 0.6 is 0 Å². The van der Waals surface area contributed by atoms with E-state index in [2.05, 4.69) is 16.9 Å². The number of hydrogen-bond donors (Lipinski definition) is 1. The molecule has 0 spiro atoms. The molecule has 0 unspecified atom stereocenters. The Morgan fingerprint density at radius 2 is 2.27 bits per heavy atom. The van der Waals surface area contributed by atoms with Crippen molar-refractivity contribution >= 4 is 12.2 Å². The fourth-order valence-electron chi connectivity index (χ4n) is 0.506. The number of rotatable bonds is 3. The molecule has 3 heteroatoms. The molecule has 3 nitrogen and oxygen atoms in total. The lowest BCUT2D eigenvalue weighted by Gasteiger charge is -1.96. The summed E-state index contributed by atoms with van der Waals surface area (Å²) in [7, 11) is 1.61. The molecule has 0 aromatic heterocycles. The molecule has 0 aromatic carbocycles. The Kier molecular flexibility index (Phi) is 4.73. The number of allylic oxidation sites excluding steroid dienone is 2. The molecule has 1 amide bonds. The van der Waals surface area contributed by atoms with Gasteiger partial charge < -0.3 is 5.32 Å². The minimum Gasteiger partial charge on any atom is -0.314 e. The van der Waals surface area contributed by atoms with Crippen molar-refractivity contribution in [3.8, 4) is 0 Å². The maximum absolute atomic E-state index is 10.00. The van der Waals surface area contributed by atoms with Gasteiger partial charge in [0.25, 0.3) is 0 Å². The van der Waals surface area contributed by atoms with Crippen LogP contribution in [0.3, 0.4) is 0 Å². The minimum absolute atomic E-state index is 0.539. The Morgan fingerprint density at radius 1 is 1.64 bits per heavy atom. The molecule has 0 bridgehead atoms. The van der Waals surface area contributed by atoms with Gasteiger partial charge in [0.05, 0.1) is 0 Å². The summed E-state index contributed by atoms with van der Waals surface area (Å²) in [5, 5.41) is 2.44. The Bertz CT molecular complexity index is 204. The largest absolute Gasteiger partial charge is 0.314 e. The summed E-state index contributed by atoms with van der Waals surface area (Å²) < 4.78 is 0. The van der Waals surface area contributed by atoms with Crippen molar-refractivity contribution in [2.45, 2.75) is 6.92 Å². The molecular weight excluding hydrogens is 140 g/mol. The predicted molar refractivity (Wildman–Crippen MR) is 46.5 cm³/mol. The summed E-state index contributed by atoms with van der Waals surface area (Å²) in [6, 6.07) is 0. The van der Waals surface area contributed by atoms with Gasteiger partial charge in [0, 0.05) is 7.05 Å². The first-order chi connectivity index (χ1) is 5.24. The van der Waals surface area contributed by atoms with E-state index < -0.39 is 0 Å². The molecular formula is C8H12N2O. The second-order valence-corrected chi connectivity index (χ2v) is 1.96. The Balaban J connectivity index is 4.29. The molecule has 0 aliphatic carbocycles. The molecule has 0 heterocycles. The van der Waals surface area contributed by atoms with Gasteiger partial charge in [0.1, 0.15) is 5.84 Å². The van der Waals surface area contributed by atoms with Gasteiger partial charge in [-0.2, -0.15) is 0 Å². The van der Waals surface area contributed by atoms with E-state index in [9.17, 15) is 4.79 Å². The Hall–Kier alpha value is -1.38. The summed E-state index contributed by atoms with van der Waals surface area (Å²) in [6.45, 7) is 5.45. The maximum Gasteiger partial charge on any atom is 0.212 e. The van der Waals surface area contributed by atoms with Gasteiger partial charge in [-0.05, 0) is 18.6 Å². The fraction of sp³-hybridized carbons (Fsp3) is 0.250. The van der Waals surface area contributed by atoms with E-state index in [1.807, 2.05) is 6.92 Å². The van der Waals surface area contributed by atoms with Crippen LogP contribution in [0, 0.1) is 0 Å². The summed E-state index contributed by atoms with van der Waals surface area (Å²) in [4.78, 5) is 13.8. The number of hydrogen-bond acceptors (Lipinski definition) is 2. The third-order valence-corrected chi connectivity index (χ3v) is 1.13. The first-order valence-corrected chi connectivity index (χ1v) is 3.22. The number of aliphatic imine (C=N–C) groups is 1. The monoisotopic (exact) mass is 152 g/mol. The second-order valence-electron chi connectivity index (χ2n) is 1.96. The van der Waals surface area contributed by atoms with E-state index in [-0.39, 0.29) is 0 Å². The van der Waals surface area contributed by atoms with Gasteiger partial charge in [-0.1, -0.05) is 12.7 Å². The molecule has 0 aliphatic rings. The number of nitrogens with zero attached hydrogens (tertiary/aromatic N) is 1. The molecule has 1 N–H and O–H groups in total. The topological polar surface area (TPSA) is 41.5 Å². The Morgan fingerprint density at radius 3 is 2.64 bits per heavy atom. The van der Waals surface area contributed by atoms with E-state index in [1.54, 1.807) is 19.2 Å². The lowest BCUT2D eigenvalue weighted by atomic mass is 10.3. The standard InChI is InChI=1S/C8H12N2O/c1-4-7(2)5-8(9-3)10-6-11/h4-6H,1H2,2-3H3,(H,9,10,11)/b7-5-. The maximum atomic E-state index is 10.00. The van der Waals surface area contributed by atoms with Gasteiger partial charge in [0.15, 0.2) is 0 Å². The van der Waals surface area contributed by atoms with Crippen LogP contribution in [0.25, 0.3) is 0 Å². The highest BCUT2D eigenvalue weighted by Gasteiger charge is 1.89. The van der Waals surface area contributed by atoms with Crippen LogP contribution in [-0.4, -0.2) is 19.3 Å². The van der Waals surface area contributed by atoms with Crippen molar-refractivity contribution in [2.24, 2.45) is 4.99 Å². The van der Waals surface area contributed by atoms with Crippen molar-refractivity contribution in [3.63, 3.8) is 0 Å². The highest BCUT2D eigenvalue weighted by Crippen LogP contribution is 1.91. The van der Waals surface area contributed by atoms with Gasteiger partial charge >= 0.3 is 0 Å². The zero-order valence-corrected chi connectivity index (χ0v) is 6.79. The average molecular weight is 152 g/mol. The third kappa shape index (κ3) is 4.08. The van der Waals surface area contributed by atoms with Gasteiger partial charge in [-0.3, -0.25) is 9.79 Å². The highest BCUT2D eigenvalue weighted by molar-refractivity contribution is 5.99. The van der Waals surface area contributed by atoms with E-state index >= 15 is 0 Å². The first kappa shape index (κ1) is 9.62. The molecule has 0 radical (unpaired) electrons. The van der Waals surface area contributed by atoms with Crippen molar-refractivity contribution < 1.29 is 4.79 Å². The summed E-state index contributed by atoms with van der Waals surface area (Å²) in [5.41, 5.74) is 0.958. The van der Waals surface area contributed by atoms with Crippen molar-refractivity contribution in [1.82, 2.24) is 5.32 Å². The molecule has 0 saturated carbocycles. The summed E-state index contributed by atoms with van der Waals surface area (Å²) >= 11 is 0. The average Bonchev–Trinajstić information content (AvgIpc) is 2.03. The third-order valence-electron chi connectivity index (χ3n) is 1.13. The lowest BCUT2D eigenvalue weighted by molar-refractivity contribution is -0.108. The van der Waals surface area contributed by atoms with Gasteiger partial charge in [0.2, 0.25) is 6.41 Å². The van der Waals surface area contributed by atoms with Crippen LogP contribution in [0.15, 0.2) is 29.3 Å². The zero-order valence-electron chi connectivity index (χ0n) is 6.79. The van der Waals surface area contributed by atoms with Crippen LogP contribution in [-0.2, 0) is 4.79 Å². The van der Waals surface area contributed by atoms with Crippen LogP contribution < -0.4 is 5.32 Å². The molecule has 0 fully saturated rings. The molecule has 0 aromatic rings. The van der Waals surface area contributed by atoms with Crippen LogP contribution in [0.1, 0.15) is 6.92 Å². The van der Waals surface area contributed by atoms with E-state index in [0.29, 0.717) is 12.2 Å². The van der Waals surface area contributed by atoms with Crippen LogP contribution in [0.5, 0.6) is 0 Å². The number of carbonyl (C=O) groups is 1. The zero-order chi connectivity index (χ0) is 8.69.